The molecule has 0 saturated carbocycles. The van der Waals surface area contributed by atoms with E-state index in [2.05, 4.69) is 15.9 Å². The van der Waals surface area contributed by atoms with Crippen molar-refractivity contribution < 1.29 is 13.9 Å². The predicted octanol–water partition coefficient (Wildman–Crippen LogP) is 2.73. The summed E-state index contributed by atoms with van der Waals surface area (Å²) >= 11 is 3.07. The molecule has 1 aromatic carbocycles. The van der Waals surface area contributed by atoms with Gasteiger partial charge in [-0.1, -0.05) is 0 Å². The number of nitrogens with two attached hydrogens (primary N) is 1. The van der Waals surface area contributed by atoms with Gasteiger partial charge in [-0.25, -0.2) is 4.39 Å². The number of nitrogen functional groups attached to an aromatic ring is 1. The fourth-order valence-corrected chi connectivity index (χ4v) is 1.98. The molecule has 0 aliphatic carbocycles. The lowest BCUT2D eigenvalue weighted by atomic mass is 10.1. The SMILES string of the molecule is Nc1cc(Br)c(F)cc1OC1CCOCC1. The molecule has 1 heterocycles. The average molecular weight is 290 g/mol. The van der Waals surface area contributed by atoms with Crippen LogP contribution in [-0.4, -0.2) is 19.3 Å². The van der Waals surface area contributed by atoms with E-state index in [9.17, 15) is 4.39 Å². The Bertz CT molecular complexity index is 380. The van der Waals surface area contributed by atoms with E-state index in [-0.39, 0.29) is 11.9 Å². The molecule has 0 unspecified atom stereocenters. The number of benzene rings is 1. The molecule has 0 amide bonds. The van der Waals surface area contributed by atoms with Crippen LogP contribution < -0.4 is 10.5 Å². The molecule has 1 aromatic rings. The molecule has 2 rings (SSSR count). The zero-order valence-corrected chi connectivity index (χ0v) is 10.3. The van der Waals surface area contributed by atoms with Crippen LogP contribution >= 0.6 is 15.9 Å². The number of rotatable bonds is 2. The highest BCUT2D eigenvalue weighted by atomic mass is 79.9. The van der Waals surface area contributed by atoms with Gasteiger partial charge in [0.1, 0.15) is 17.7 Å². The average Bonchev–Trinajstić information content (AvgIpc) is 2.27. The van der Waals surface area contributed by atoms with Crippen LogP contribution in [0.5, 0.6) is 5.75 Å². The van der Waals surface area contributed by atoms with Gasteiger partial charge < -0.3 is 15.2 Å². The Morgan fingerprint density at radius 3 is 2.75 bits per heavy atom. The van der Waals surface area contributed by atoms with Crippen LogP contribution in [0.3, 0.4) is 0 Å². The van der Waals surface area contributed by atoms with Crippen molar-refractivity contribution in [3.05, 3.63) is 22.4 Å². The topological polar surface area (TPSA) is 44.5 Å². The monoisotopic (exact) mass is 289 g/mol. The van der Waals surface area contributed by atoms with Crippen LogP contribution in [-0.2, 0) is 4.74 Å². The van der Waals surface area contributed by atoms with E-state index in [0.717, 1.165) is 12.8 Å². The van der Waals surface area contributed by atoms with E-state index >= 15 is 0 Å². The van der Waals surface area contributed by atoms with E-state index in [0.29, 0.717) is 29.1 Å². The van der Waals surface area contributed by atoms with Gasteiger partial charge >= 0.3 is 0 Å². The lowest BCUT2D eigenvalue weighted by Gasteiger charge is -2.24. The zero-order valence-electron chi connectivity index (χ0n) is 8.71. The first kappa shape index (κ1) is 11.7. The number of hydrogen-bond acceptors (Lipinski definition) is 3. The third-order valence-electron chi connectivity index (χ3n) is 2.51. The molecular weight excluding hydrogens is 277 g/mol. The van der Waals surface area contributed by atoms with Crippen molar-refractivity contribution in [1.82, 2.24) is 0 Å². The van der Waals surface area contributed by atoms with Crippen molar-refractivity contribution in [3.63, 3.8) is 0 Å². The summed E-state index contributed by atoms with van der Waals surface area (Å²) in [5, 5.41) is 0. The van der Waals surface area contributed by atoms with Crippen LogP contribution in [0.25, 0.3) is 0 Å². The van der Waals surface area contributed by atoms with Gasteiger partial charge in [-0.3, -0.25) is 0 Å². The van der Waals surface area contributed by atoms with E-state index in [1.54, 1.807) is 0 Å². The van der Waals surface area contributed by atoms with Gasteiger partial charge in [0.15, 0.2) is 0 Å². The third-order valence-corrected chi connectivity index (χ3v) is 3.12. The molecule has 1 fully saturated rings. The summed E-state index contributed by atoms with van der Waals surface area (Å²) in [7, 11) is 0. The predicted molar refractivity (Wildman–Crippen MR) is 63.0 cm³/mol. The first-order valence-corrected chi connectivity index (χ1v) is 5.95. The Hall–Kier alpha value is -0.810. The van der Waals surface area contributed by atoms with E-state index in [1.165, 1.54) is 12.1 Å². The van der Waals surface area contributed by atoms with E-state index in [4.69, 9.17) is 15.2 Å². The van der Waals surface area contributed by atoms with Crippen molar-refractivity contribution in [2.75, 3.05) is 18.9 Å². The molecule has 1 aliphatic heterocycles. The Kier molecular flexibility index (Phi) is 3.66. The Morgan fingerprint density at radius 1 is 1.38 bits per heavy atom. The second-order valence-corrected chi connectivity index (χ2v) is 4.59. The summed E-state index contributed by atoms with van der Waals surface area (Å²) in [5.41, 5.74) is 6.20. The highest BCUT2D eigenvalue weighted by Gasteiger charge is 2.17. The van der Waals surface area contributed by atoms with Gasteiger partial charge in [0.2, 0.25) is 0 Å². The van der Waals surface area contributed by atoms with Gasteiger partial charge in [0.05, 0.1) is 23.4 Å². The Labute approximate surface area is 102 Å². The van der Waals surface area contributed by atoms with Crippen molar-refractivity contribution in [3.8, 4) is 5.75 Å². The van der Waals surface area contributed by atoms with Gasteiger partial charge in [0, 0.05) is 18.9 Å². The second kappa shape index (κ2) is 5.01. The minimum Gasteiger partial charge on any atom is -0.488 e. The van der Waals surface area contributed by atoms with Crippen molar-refractivity contribution in [2.24, 2.45) is 0 Å². The molecule has 2 N–H and O–H groups in total. The molecule has 5 heteroatoms. The quantitative estimate of drug-likeness (QED) is 0.852. The molecule has 0 spiro atoms. The summed E-state index contributed by atoms with van der Waals surface area (Å²) in [6.07, 6.45) is 1.70. The zero-order chi connectivity index (χ0) is 11.5. The van der Waals surface area contributed by atoms with Crippen molar-refractivity contribution in [1.29, 1.82) is 0 Å². The largest absolute Gasteiger partial charge is 0.488 e. The lowest BCUT2D eigenvalue weighted by Crippen LogP contribution is -2.26. The summed E-state index contributed by atoms with van der Waals surface area (Å²) in [6, 6.07) is 2.83. The molecule has 0 atom stereocenters. The number of anilines is 1. The maximum atomic E-state index is 13.3. The van der Waals surface area contributed by atoms with Crippen LogP contribution in [0.1, 0.15) is 12.8 Å². The highest BCUT2D eigenvalue weighted by molar-refractivity contribution is 9.10. The smallest absolute Gasteiger partial charge is 0.145 e. The fraction of sp³-hybridized carbons (Fsp3) is 0.455. The molecule has 16 heavy (non-hydrogen) atoms. The molecule has 0 aromatic heterocycles. The molecule has 0 bridgehead atoms. The van der Waals surface area contributed by atoms with Gasteiger partial charge in [-0.15, -0.1) is 0 Å². The van der Waals surface area contributed by atoms with Crippen molar-refractivity contribution >= 4 is 21.6 Å². The summed E-state index contributed by atoms with van der Waals surface area (Å²) in [6.45, 7) is 1.37. The first-order chi connectivity index (χ1) is 7.66. The minimum atomic E-state index is -0.365. The second-order valence-electron chi connectivity index (χ2n) is 3.73. The highest BCUT2D eigenvalue weighted by Crippen LogP contribution is 2.30. The third kappa shape index (κ3) is 2.65. The molecule has 88 valence electrons. The molecule has 1 aliphatic rings. The standard InChI is InChI=1S/C11H13BrFNO2/c12-8-5-10(14)11(6-9(8)13)16-7-1-3-15-4-2-7/h5-7H,1-4,14H2. The van der Waals surface area contributed by atoms with E-state index < -0.39 is 0 Å². The van der Waals surface area contributed by atoms with Crippen LogP contribution in [0, 0.1) is 5.82 Å². The van der Waals surface area contributed by atoms with Crippen LogP contribution in [0.4, 0.5) is 10.1 Å². The van der Waals surface area contributed by atoms with Gasteiger partial charge in [0.25, 0.3) is 0 Å². The Morgan fingerprint density at radius 2 is 2.06 bits per heavy atom. The van der Waals surface area contributed by atoms with Gasteiger partial charge in [-0.05, 0) is 22.0 Å². The molecule has 1 saturated heterocycles. The Balaban J connectivity index is 2.11. The van der Waals surface area contributed by atoms with Crippen LogP contribution in [0.2, 0.25) is 0 Å². The van der Waals surface area contributed by atoms with Crippen LogP contribution in [0.15, 0.2) is 16.6 Å². The minimum absolute atomic E-state index is 0.0663. The maximum Gasteiger partial charge on any atom is 0.145 e. The summed E-state index contributed by atoms with van der Waals surface area (Å²) in [4.78, 5) is 0. The van der Waals surface area contributed by atoms with E-state index in [1.807, 2.05) is 0 Å². The molecule has 0 radical (unpaired) electrons. The lowest BCUT2D eigenvalue weighted by molar-refractivity contribution is 0.0257. The molecular formula is C11H13BrFNO2. The fourth-order valence-electron chi connectivity index (χ4n) is 1.62. The number of ether oxygens (including phenoxy) is 2. The molecule has 3 nitrogen and oxygen atoms in total. The normalized spacial score (nSPS) is 17.4. The first-order valence-electron chi connectivity index (χ1n) is 5.16. The summed E-state index contributed by atoms with van der Waals surface area (Å²) < 4.78 is 24.5. The maximum absolute atomic E-state index is 13.3. The number of halogens is 2. The van der Waals surface area contributed by atoms with Gasteiger partial charge in [-0.2, -0.15) is 0 Å². The van der Waals surface area contributed by atoms with Crippen molar-refractivity contribution in [2.45, 2.75) is 18.9 Å². The number of hydrogen-bond donors (Lipinski definition) is 1. The summed E-state index contributed by atoms with van der Waals surface area (Å²) in [5.74, 6) is 0.0452.